The standard InChI is InChI=1S/C14H25NO6/c1-13(2,3)21-12(17)15-9(7-11(16)18-6)10-8-19-14(4,5)20-10/h9-10H,7-8H2,1-6H3,(H,15,17)/t9-,10-/m1/s1. The van der Waals surface area contributed by atoms with Gasteiger partial charge in [-0.15, -0.1) is 0 Å². The van der Waals surface area contributed by atoms with Crippen molar-refractivity contribution < 1.29 is 28.5 Å². The molecule has 1 heterocycles. The third-order valence-corrected chi connectivity index (χ3v) is 2.80. The van der Waals surface area contributed by atoms with Crippen molar-refractivity contribution in [2.75, 3.05) is 13.7 Å². The lowest BCUT2D eigenvalue weighted by Gasteiger charge is -2.26. The fourth-order valence-corrected chi connectivity index (χ4v) is 1.91. The van der Waals surface area contributed by atoms with Crippen molar-refractivity contribution >= 4 is 12.1 Å². The summed E-state index contributed by atoms with van der Waals surface area (Å²) in [7, 11) is 1.29. The summed E-state index contributed by atoms with van der Waals surface area (Å²) in [6.07, 6.45) is -1.06. The van der Waals surface area contributed by atoms with Gasteiger partial charge in [0.2, 0.25) is 0 Å². The van der Waals surface area contributed by atoms with Crippen LogP contribution in [0.3, 0.4) is 0 Å². The number of alkyl carbamates (subject to hydrolysis) is 1. The van der Waals surface area contributed by atoms with Crippen LogP contribution in [0.1, 0.15) is 41.0 Å². The van der Waals surface area contributed by atoms with Crippen molar-refractivity contribution in [1.82, 2.24) is 5.32 Å². The molecule has 1 rings (SSSR count). The molecule has 0 bridgehead atoms. The van der Waals surface area contributed by atoms with Gasteiger partial charge in [0.05, 0.1) is 26.2 Å². The normalized spacial score (nSPS) is 22.5. The number of hydrogen-bond donors (Lipinski definition) is 1. The van der Waals surface area contributed by atoms with E-state index < -0.39 is 35.6 Å². The number of methoxy groups -OCH3 is 1. The Labute approximate surface area is 125 Å². The van der Waals surface area contributed by atoms with E-state index in [1.165, 1.54) is 7.11 Å². The van der Waals surface area contributed by atoms with Crippen LogP contribution in [0.4, 0.5) is 4.79 Å². The van der Waals surface area contributed by atoms with Crippen LogP contribution >= 0.6 is 0 Å². The molecule has 1 N–H and O–H groups in total. The molecular weight excluding hydrogens is 278 g/mol. The maximum atomic E-state index is 11.9. The largest absolute Gasteiger partial charge is 0.469 e. The van der Waals surface area contributed by atoms with E-state index in [4.69, 9.17) is 14.2 Å². The number of carbonyl (C=O) groups excluding carboxylic acids is 2. The number of carbonyl (C=O) groups is 2. The summed E-state index contributed by atoms with van der Waals surface area (Å²) in [6.45, 7) is 9.12. The van der Waals surface area contributed by atoms with Crippen LogP contribution in [0.5, 0.6) is 0 Å². The number of hydrogen-bond acceptors (Lipinski definition) is 6. The highest BCUT2D eigenvalue weighted by Gasteiger charge is 2.39. The van der Waals surface area contributed by atoms with E-state index in [0.29, 0.717) is 0 Å². The van der Waals surface area contributed by atoms with Crippen molar-refractivity contribution in [2.45, 2.75) is 64.6 Å². The maximum absolute atomic E-state index is 11.9. The Morgan fingerprint density at radius 1 is 1.38 bits per heavy atom. The number of rotatable bonds is 4. The molecule has 0 aromatic rings. The first-order valence-corrected chi connectivity index (χ1v) is 6.90. The van der Waals surface area contributed by atoms with Gasteiger partial charge in [0.15, 0.2) is 5.79 Å². The van der Waals surface area contributed by atoms with Gasteiger partial charge >= 0.3 is 12.1 Å². The minimum absolute atomic E-state index is 0.0140. The molecule has 0 aromatic heterocycles. The average Bonchev–Trinajstić information content (AvgIpc) is 2.66. The highest BCUT2D eigenvalue weighted by molar-refractivity contribution is 5.73. The summed E-state index contributed by atoms with van der Waals surface area (Å²) in [5, 5.41) is 2.65. The first-order chi connectivity index (χ1) is 9.52. The Hall–Kier alpha value is -1.34. The molecule has 1 saturated heterocycles. The Morgan fingerprint density at radius 3 is 2.43 bits per heavy atom. The zero-order valence-corrected chi connectivity index (χ0v) is 13.5. The molecule has 21 heavy (non-hydrogen) atoms. The molecule has 7 heteroatoms. The molecule has 2 atom stereocenters. The molecule has 0 saturated carbocycles. The third-order valence-electron chi connectivity index (χ3n) is 2.80. The summed E-state index contributed by atoms with van der Waals surface area (Å²) in [5.74, 6) is -1.18. The maximum Gasteiger partial charge on any atom is 0.407 e. The van der Waals surface area contributed by atoms with E-state index in [0.717, 1.165) is 0 Å². The SMILES string of the molecule is COC(=O)C[C@@H](NC(=O)OC(C)(C)C)[C@H]1COC(C)(C)O1. The van der Waals surface area contributed by atoms with Crippen molar-refractivity contribution in [3.8, 4) is 0 Å². The van der Waals surface area contributed by atoms with Gasteiger partial charge in [-0.1, -0.05) is 0 Å². The van der Waals surface area contributed by atoms with Gasteiger partial charge in [-0.3, -0.25) is 4.79 Å². The third kappa shape index (κ3) is 6.31. The molecule has 122 valence electrons. The summed E-state index contributed by atoms with van der Waals surface area (Å²) in [5.41, 5.74) is -0.619. The predicted molar refractivity (Wildman–Crippen MR) is 74.7 cm³/mol. The molecule has 7 nitrogen and oxygen atoms in total. The first kappa shape index (κ1) is 17.7. The zero-order valence-electron chi connectivity index (χ0n) is 13.5. The van der Waals surface area contributed by atoms with Crippen LogP contribution in [0.25, 0.3) is 0 Å². The fourth-order valence-electron chi connectivity index (χ4n) is 1.91. The quantitative estimate of drug-likeness (QED) is 0.794. The molecule has 1 aliphatic heterocycles. The van der Waals surface area contributed by atoms with Gasteiger partial charge in [0.1, 0.15) is 11.7 Å². The molecule has 0 unspecified atom stereocenters. The lowest BCUT2D eigenvalue weighted by Crippen LogP contribution is -2.48. The monoisotopic (exact) mass is 303 g/mol. The smallest absolute Gasteiger partial charge is 0.407 e. The van der Waals surface area contributed by atoms with Crippen LogP contribution < -0.4 is 5.32 Å². The van der Waals surface area contributed by atoms with Crippen molar-refractivity contribution in [2.24, 2.45) is 0 Å². The molecule has 1 aliphatic rings. The van der Waals surface area contributed by atoms with Crippen molar-refractivity contribution in [1.29, 1.82) is 0 Å². The Bertz CT molecular complexity index is 387. The van der Waals surface area contributed by atoms with E-state index in [-0.39, 0.29) is 13.0 Å². The van der Waals surface area contributed by atoms with Crippen molar-refractivity contribution in [3.05, 3.63) is 0 Å². The molecule has 0 aromatic carbocycles. The van der Waals surface area contributed by atoms with Crippen molar-refractivity contribution in [3.63, 3.8) is 0 Å². The van der Waals surface area contributed by atoms with Crippen LogP contribution in [-0.4, -0.2) is 49.3 Å². The Balaban J connectivity index is 2.69. The molecule has 1 amide bonds. The lowest BCUT2D eigenvalue weighted by molar-refractivity contribution is -0.149. The number of ether oxygens (including phenoxy) is 4. The first-order valence-electron chi connectivity index (χ1n) is 6.90. The van der Waals surface area contributed by atoms with E-state index in [2.05, 4.69) is 10.1 Å². The van der Waals surface area contributed by atoms with Crippen LogP contribution in [0, 0.1) is 0 Å². The Morgan fingerprint density at radius 2 is 2.00 bits per heavy atom. The summed E-state index contributed by atoms with van der Waals surface area (Å²) >= 11 is 0. The molecule has 0 spiro atoms. The minimum Gasteiger partial charge on any atom is -0.469 e. The minimum atomic E-state index is -0.741. The van der Waals surface area contributed by atoms with Crippen LogP contribution in [-0.2, 0) is 23.7 Å². The van der Waals surface area contributed by atoms with E-state index in [1.54, 1.807) is 34.6 Å². The lowest BCUT2D eigenvalue weighted by atomic mass is 10.1. The number of esters is 1. The summed E-state index contributed by atoms with van der Waals surface area (Å²) in [6, 6.07) is -0.575. The average molecular weight is 303 g/mol. The summed E-state index contributed by atoms with van der Waals surface area (Å²) < 4.78 is 21.0. The molecule has 0 radical (unpaired) electrons. The van der Waals surface area contributed by atoms with Gasteiger partial charge < -0.3 is 24.3 Å². The predicted octanol–water partition coefficient (Wildman–Crippen LogP) is 1.59. The van der Waals surface area contributed by atoms with Gasteiger partial charge in [0, 0.05) is 0 Å². The second kappa shape index (κ2) is 6.62. The van der Waals surface area contributed by atoms with E-state index in [9.17, 15) is 9.59 Å². The van der Waals surface area contributed by atoms with E-state index >= 15 is 0 Å². The van der Waals surface area contributed by atoms with E-state index in [1.807, 2.05) is 0 Å². The van der Waals surface area contributed by atoms with Gasteiger partial charge in [-0.05, 0) is 34.6 Å². The summed E-state index contributed by atoms with van der Waals surface area (Å²) in [4.78, 5) is 23.4. The van der Waals surface area contributed by atoms with Crippen LogP contribution in [0.2, 0.25) is 0 Å². The van der Waals surface area contributed by atoms with Gasteiger partial charge in [-0.25, -0.2) is 4.79 Å². The zero-order chi connectivity index (χ0) is 16.3. The number of nitrogens with one attached hydrogen (secondary N) is 1. The second-order valence-electron chi connectivity index (χ2n) is 6.40. The molecule has 1 fully saturated rings. The van der Waals surface area contributed by atoms with Gasteiger partial charge in [-0.2, -0.15) is 0 Å². The highest BCUT2D eigenvalue weighted by atomic mass is 16.7. The number of amides is 1. The highest BCUT2D eigenvalue weighted by Crippen LogP contribution is 2.25. The van der Waals surface area contributed by atoms with Crippen LogP contribution in [0.15, 0.2) is 0 Å². The topological polar surface area (TPSA) is 83.1 Å². The fraction of sp³-hybridized carbons (Fsp3) is 0.857. The Kier molecular flexibility index (Phi) is 5.58. The molecular formula is C14H25NO6. The molecule has 0 aliphatic carbocycles. The van der Waals surface area contributed by atoms with Gasteiger partial charge in [0.25, 0.3) is 0 Å². The second-order valence-corrected chi connectivity index (χ2v) is 6.40.